The van der Waals surface area contributed by atoms with Crippen LogP contribution < -0.4 is 5.32 Å². The van der Waals surface area contributed by atoms with E-state index in [1.807, 2.05) is 0 Å². The number of benzene rings is 1. The molecule has 1 aromatic carbocycles. The van der Waals surface area contributed by atoms with Crippen molar-refractivity contribution in [2.75, 3.05) is 32.8 Å². The third-order valence-corrected chi connectivity index (χ3v) is 4.88. The van der Waals surface area contributed by atoms with Gasteiger partial charge in [0, 0.05) is 31.7 Å². The summed E-state index contributed by atoms with van der Waals surface area (Å²) in [6.45, 7) is 12.1. The molecule has 1 fully saturated rings. The lowest BCUT2D eigenvalue weighted by atomic mass is 9.85. The average Bonchev–Trinajstić information content (AvgIpc) is 2.71. The molecule has 2 unspecified atom stereocenters. The highest BCUT2D eigenvalue weighted by atomic mass is 16.5. The molecule has 0 bridgehead atoms. The van der Waals surface area contributed by atoms with Crippen molar-refractivity contribution in [1.29, 1.82) is 0 Å². The Hall–Kier alpha value is -0.900. The number of nitrogens with zero attached hydrogens (tertiary/aromatic N) is 1. The smallest absolute Gasteiger partial charge is 0.0594 e. The van der Waals surface area contributed by atoms with Gasteiger partial charge in [0.25, 0.3) is 0 Å². The van der Waals surface area contributed by atoms with Gasteiger partial charge in [0.2, 0.25) is 0 Å². The maximum Gasteiger partial charge on any atom is 0.0594 e. The molecular formula is C18H28N2O. The molecule has 3 nitrogen and oxygen atoms in total. The number of fused-ring (bicyclic) bond motifs is 1. The van der Waals surface area contributed by atoms with Crippen molar-refractivity contribution in [3.8, 4) is 0 Å². The van der Waals surface area contributed by atoms with E-state index in [0.717, 1.165) is 32.8 Å². The first-order valence-electron chi connectivity index (χ1n) is 8.20. The maximum absolute atomic E-state index is 5.43. The van der Waals surface area contributed by atoms with Gasteiger partial charge in [0.05, 0.1) is 13.2 Å². The highest BCUT2D eigenvalue weighted by Crippen LogP contribution is 2.45. The molecule has 0 aromatic heterocycles. The fraction of sp³-hybridized carbons (Fsp3) is 0.667. The van der Waals surface area contributed by atoms with Crippen LogP contribution in [0.25, 0.3) is 0 Å². The quantitative estimate of drug-likeness (QED) is 0.922. The summed E-state index contributed by atoms with van der Waals surface area (Å²) in [4.78, 5) is 2.51. The number of rotatable bonds is 4. The molecule has 116 valence electrons. The molecule has 1 N–H and O–H groups in total. The Bertz CT molecular complexity index is 480. The second kappa shape index (κ2) is 6.07. The minimum Gasteiger partial charge on any atom is -0.379 e. The van der Waals surface area contributed by atoms with Crippen molar-refractivity contribution >= 4 is 0 Å². The van der Waals surface area contributed by atoms with Gasteiger partial charge in [-0.05, 0) is 29.9 Å². The molecule has 0 saturated carbocycles. The second-order valence-corrected chi connectivity index (χ2v) is 7.28. The molecule has 1 aliphatic carbocycles. The monoisotopic (exact) mass is 288 g/mol. The third-order valence-electron chi connectivity index (χ3n) is 4.88. The van der Waals surface area contributed by atoms with E-state index < -0.39 is 0 Å². The fourth-order valence-electron chi connectivity index (χ4n) is 3.81. The summed E-state index contributed by atoms with van der Waals surface area (Å²) < 4.78 is 5.43. The Morgan fingerprint density at radius 3 is 2.76 bits per heavy atom. The van der Waals surface area contributed by atoms with E-state index >= 15 is 0 Å². The summed E-state index contributed by atoms with van der Waals surface area (Å²) in [5, 5.41) is 3.89. The molecule has 0 spiro atoms. The largest absolute Gasteiger partial charge is 0.379 e. The first kappa shape index (κ1) is 15.0. The predicted molar refractivity (Wildman–Crippen MR) is 86.5 cm³/mol. The van der Waals surface area contributed by atoms with E-state index in [9.17, 15) is 0 Å². The zero-order valence-corrected chi connectivity index (χ0v) is 13.6. The molecule has 3 rings (SSSR count). The van der Waals surface area contributed by atoms with Gasteiger partial charge in [-0.15, -0.1) is 0 Å². The molecule has 3 heteroatoms. The molecule has 1 heterocycles. The Morgan fingerprint density at radius 1 is 1.29 bits per heavy atom. The van der Waals surface area contributed by atoms with Crippen LogP contribution in [0.5, 0.6) is 0 Å². The van der Waals surface area contributed by atoms with Crippen LogP contribution in [0.15, 0.2) is 24.3 Å². The van der Waals surface area contributed by atoms with Gasteiger partial charge in [-0.25, -0.2) is 0 Å². The fourth-order valence-corrected chi connectivity index (χ4v) is 3.81. The van der Waals surface area contributed by atoms with E-state index in [1.54, 1.807) is 0 Å². The van der Waals surface area contributed by atoms with Crippen LogP contribution in [0.1, 0.15) is 37.9 Å². The van der Waals surface area contributed by atoms with Crippen molar-refractivity contribution < 1.29 is 4.74 Å². The first-order valence-corrected chi connectivity index (χ1v) is 8.20. The van der Waals surface area contributed by atoms with Crippen molar-refractivity contribution in [2.45, 2.75) is 39.3 Å². The van der Waals surface area contributed by atoms with Crippen molar-refractivity contribution in [1.82, 2.24) is 10.2 Å². The minimum absolute atomic E-state index is 0.295. The highest BCUT2D eigenvalue weighted by Gasteiger charge is 2.39. The molecule has 1 saturated heterocycles. The topological polar surface area (TPSA) is 24.5 Å². The summed E-state index contributed by atoms with van der Waals surface area (Å²) >= 11 is 0. The SMILES string of the molecule is CC(CN1CCOCC1)NC1c2ccccc2CC1(C)C. The van der Waals surface area contributed by atoms with E-state index in [1.165, 1.54) is 17.5 Å². The minimum atomic E-state index is 0.295. The van der Waals surface area contributed by atoms with Gasteiger partial charge < -0.3 is 10.1 Å². The lowest BCUT2D eigenvalue weighted by Crippen LogP contribution is -2.46. The summed E-state index contributed by atoms with van der Waals surface area (Å²) in [5.41, 5.74) is 3.30. The first-order chi connectivity index (χ1) is 10.1. The normalized spacial score (nSPS) is 26.5. The van der Waals surface area contributed by atoms with E-state index in [4.69, 9.17) is 4.74 Å². The molecular weight excluding hydrogens is 260 g/mol. The van der Waals surface area contributed by atoms with Crippen LogP contribution >= 0.6 is 0 Å². The van der Waals surface area contributed by atoms with Crippen LogP contribution in [-0.4, -0.2) is 43.8 Å². The predicted octanol–water partition coefficient (Wildman–Crippen LogP) is 2.62. The molecule has 0 radical (unpaired) electrons. The van der Waals surface area contributed by atoms with Crippen molar-refractivity contribution in [3.63, 3.8) is 0 Å². The molecule has 2 atom stereocenters. The van der Waals surface area contributed by atoms with E-state index in [-0.39, 0.29) is 0 Å². The van der Waals surface area contributed by atoms with Gasteiger partial charge in [0.15, 0.2) is 0 Å². The number of ether oxygens (including phenoxy) is 1. The summed E-state index contributed by atoms with van der Waals surface area (Å²) in [6, 6.07) is 9.87. The summed E-state index contributed by atoms with van der Waals surface area (Å²) in [5.74, 6) is 0. The Morgan fingerprint density at radius 2 is 2.00 bits per heavy atom. The van der Waals surface area contributed by atoms with Crippen molar-refractivity contribution in [3.05, 3.63) is 35.4 Å². The number of nitrogens with one attached hydrogen (secondary N) is 1. The Balaban J connectivity index is 1.65. The van der Waals surface area contributed by atoms with Gasteiger partial charge in [0.1, 0.15) is 0 Å². The average molecular weight is 288 g/mol. The zero-order valence-electron chi connectivity index (χ0n) is 13.6. The lowest BCUT2D eigenvalue weighted by Gasteiger charge is -2.34. The second-order valence-electron chi connectivity index (χ2n) is 7.28. The Labute approximate surface area is 128 Å². The van der Waals surface area contributed by atoms with Crippen LogP contribution in [0, 0.1) is 5.41 Å². The third kappa shape index (κ3) is 3.31. The van der Waals surface area contributed by atoms with Crippen molar-refractivity contribution in [2.24, 2.45) is 5.41 Å². The maximum atomic E-state index is 5.43. The molecule has 21 heavy (non-hydrogen) atoms. The number of hydrogen-bond acceptors (Lipinski definition) is 3. The Kier molecular flexibility index (Phi) is 4.34. The van der Waals surface area contributed by atoms with Gasteiger partial charge in [-0.2, -0.15) is 0 Å². The van der Waals surface area contributed by atoms with E-state index in [2.05, 4.69) is 55.3 Å². The summed E-state index contributed by atoms with van der Waals surface area (Å²) in [7, 11) is 0. The van der Waals surface area contributed by atoms with Gasteiger partial charge >= 0.3 is 0 Å². The van der Waals surface area contributed by atoms with Crippen LogP contribution in [0.2, 0.25) is 0 Å². The summed E-state index contributed by atoms with van der Waals surface area (Å²) in [6.07, 6.45) is 1.17. The molecule has 1 aliphatic heterocycles. The van der Waals surface area contributed by atoms with Gasteiger partial charge in [-0.1, -0.05) is 38.1 Å². The zero-order chi connectivity index (χ0) is 14.9. The molecule has 0 amide bonds. The highest BCUT2D eigenvalue weighted by molar-refractivity contribution is 5.37. The molecule has 2 aliphatic rings. The van der Waals surface area contributed by atoms with Crippen LogP contribution in [-0.2, 0) is 11.2 Å². The van der Waals surface area contributed by atoms with Crippen LogP contribution in [0.4, 0.5) is 0 Å². The van der Waals surface area contributed by atoms with Crippen LogP contribution in [0.3, 0.4) is 0 Å². The standard InChI is InChI=1S/C18H28N2O/c1-14(13-20-8-10-21-11-9-20)19-17-16-7-5-4-6-15(16)12-18(17,2)3/h4-7,14,17,19H,8-13H2,1-3H3. The molecule has 1 aromatic rings. The van der Waals surface area contributed by atoms with E-state index in [0.29, 0.717) is 17.5 Å². The lowest BCUT2D eigenvalue weighted by molar-refractivity contribution is 0.0329. The number of hydrogen-bond donors (Lipinski definition) is 1. The number of morpholine rings is 1. The van der Waals surface area contributed by atoms with Gasteiger partial charge in [-0.3, -0.25) is 4.90 Å².